The third kappa shape index (κ3) is 3.13. The fourth-order valence-corrected chi connectivity index (χ4v) is 3.74. The van der Waals surface area contributed by atoms with Crippen molar-refractivity contribution in [1.29, 1.82) is 0 Å². The van der Waals surface area contributed by atoms with E-state index in [4.69, 9.17) is 5.11 Å². The molecule has 0 aromatic carbocycles. The molecular weight excluding hydrogens is 270 g/mol. The van der Waals surface area contributed by atoms with Gasteiger partial charge in [0.2, 0.25) is 10.0 Å². The minimum atomic E-state index is -3.49. The van der Waals surface area contributed by atoms with Gasteiger partial charge in [0.15, 0.2) is 0 Å². The van der Waals surface area contributed by atoms with Gasteiger partial charge in [0.05, 0.1) is 6.20 Å². The van der Waals surface area contributed by atoms with Gasteiger partial charge >= 0.3 is 5.97 Å². The summed E-state index contributed by atoms with van der Waals surface area (Å²) >= 11 is 0. The van der Waals surface area contributed by atoms with Crippen LogP contribution in [0.4, 0.5) is 0 Å². The van der Waals surface area contributed by atoms with Crippen molar-refractivity contribution in [2.45, 2.75) is 24.2 Å². The first-order chi connectivity index (χ1) is 8.89. The summed E-state index contributed by atoms with van der Waals surface area (Å²) < 4.78 is 27.4. The van der Waals surface area contributed by atoms with Crippen molar-refractivity contribution in [2.24, 2.45) is 13.0 Å². The molecule has 0 radical (unpaired) electrons. The molecule has 1 N–H and O–H groups in total. The lowest BCUT2D eigenvalue weighted by molar-refractivity contribution is -0.138. The number of carbonyl (C=O) groups is 1. The highest BCUT2D eigenvalue weighted by molar-refractivity contribution is 7.89. The zero-order valence-corrected chi connectivity index (χ0v) is 11.5. The van der Waals surface area contributed by atoms with Gasteiger partial charge in [-0.15, -0.1) is 0 Å². The Hall–Kier alpha value is -1.41. The molecule has 0 spiro atoms. The second-order valence-electron chi connectivity index (χ2n) is 4.80. The van der Waals surface area contributed by atoms with E-state index in [1.54, 1.807) is 7.05 Å². The number of carboxylic acid groups (broad SMARTS) is 1. The van der Waals surface area contributed by atoms with Crippen LogP contribution in [0.5, 0.6) is 0 Å². The normalized spacial score (nSPS) is 18.6. The molecule has 2 heterocycles. The standard InChI is InChI=1S/C11H17N3O4S/c1-13-8-10(7-12-13)19(17,18)14-4-2-9(3-5-14)6-11(15)16/h7-9H,2-6H2,1H3,(H,15,16). The van der Waals surface area contributed by atoms with E-state index in [9.17, 15) is 13.2 Å². The summed E-state index contributed by atoms with van der Waals surface area (Å²) in [5, 5.41) is 12.6. The lowest BCUT2D eigenvalue weighted by Gasteiger charge is -2.30. The molecule has 8 heteroatoms. The number of hydrogen-bond acceptors (Lipinski definition) is 4. The van der Waals surface area contributed by atoms with E-state index in [1.165, 1.54) is 21.4 Å². The number of carboxylic acids is 1. The molecule has 1 aliphatic heterocycles. The predicted octanol–water partition coefficient (Wildman–Crippen LogP) is 0.295. The molecule has 19 heavy (non-hydrogen) atoms. The molecule has 1 fully saturated rings. The Morgan fingerprint density at radius 2 is 2.11 bits per heavy atom. The fraction of sp³-hybridized carbons (Fsp3) is 0.636. The summed E-state index contributed by atoms with van der Waals surface area (Å²) in [6.07, 6.45) is 4.09. The van der Waals surface area contributed by atoms with Gasteiger partial charge in [-0.25, -0.2) is 8.42 Å². The molecule has 1 saturated heterocycles. The molecule has 7 nitrogen and oxygen atoms in total. The summed E-state index contributed by atoms with van der Waals surface area (Å²) in [6, 6.07) is 0. The van der Waals surface area contributed by atoms with Crippen LogP contribution >= 0.6 is 0 Å². The topological polar surface area (TPSA) is 92.5 Å². The minimum absolute atomic E-state index is 0.0675. The summed E-state index contributed by atoms with van der Waals surface area (Å²) in [5.41, 5.74) is 0. The SMILES string of the molecule is Cn1cc(S(=O)(=O)N2CCC(CC(=O)O)CC2)cn1. The Bertz CT molecular complexity index is 558. The maximum Gasteiger partial charge on any atom is 0.303 e. The summed E-state index contributed by atoms with van der Waals surface area (Å²) in [7, 11) is -1.83. The van der Waals surface area contributed by atoms with Crippen molar-refractivity contribution in [3.63, 3.8) is 0 Å². The fourth-order valence-electron chi connectivity index (χ4n) is 2.28. The van der Waals surface area contributed by atoms with Gasteiger partial charge in [-0.3, -0.25) is 9.48 Å². The quantitative estimate of drug-likeness (QED) is 0.859. The zero-order valence-electron chi connectivity index (χ0n) is 10.7. The van der Waals surface area contributed by atoms with E-state index >= 15 is 0 Å². The largest absolute Gasteiger partial charge is 0.481 e. The molecule has 0 saturated carbocycles. The smallest absolute Gasteiger partial charge is 0.303 e. The maximum absolute atomic E-state index is 12.3. The molecule has 1 aromatic rings. The molecule has 1 aliphatic rings. The van der Waals surface area contributed by atoms with Crippen LogP contribution in [0.25, 0.3) is 0 Å². The van der Waals surface area contributed by atoms with Crippen molar-refractivity contribution < 1.29 is 18.3 Å². The Labute approximate surface area is 111 Å². The molecule has 1 aromatic heterocycles. The van der Waals surface area contributed by atoms with E-state index in [0.29, 0.717) is 25.9 Å². The van der Waals surface area contributed by atoms with Crippen LogP contribution in [0, 0.1) is 5.92 Å². The summed E-state index contributed by atoms with van der Waals surface area (Å²) in [6.45, 7) is 0.740. The van der Waals surface area contributed by atoms with Crippen molar-refractivity contribution in [1.82, 2.24) is 14.1 Å². The van der Waals surface area contributed by atoms with Crippen LogP contribution in [0.1, 0.15) is 19.3 Å². The van der Waals surface area contributed by atoms with Crippen LogP contribution in [-0.4, -0.2) is 46.7 Å². The Kier molecular flexibility index (Phi) is 3.91. The second kappa shape index (κ2) is 5.30. The Balaban J connectivity index is 2.03. The van der Waals surface area contributed by atoms with Gasteiger partial charge in [0, 0.05) is 32.8 Å². The molecule has 2 rings (SSSR count). The van der Waals surface area contributed by atoms with E-state index in [1.807, 2.05) is 0 Å². The molecule has 0 aliphatic carbocycles. The summed E-state index contributed by atoms with van der Waals surface area (Å²) in [5.74, 6) is -0.758. The summed E-state index contributed by atoms with van der Waals surface area (Å²) in [4.78, 5) is 10.8. The highest BCUT2D eigenvalue weighted by Gasteiger charge is 2.30. The number of rotatable bonds is 4. The molecular formula is C11H17N3O4S. The van der Waals surface area contributed by atoms with Crippen LogP contribution in [-0.2, 0) is 21.9 Å². The van der Waals surface area contributed by atoms with Gasteiger partial charge in [-0.1, -0.05) is 0 Å². The number of sulfonamides is 1. The first kappa shape index (κ1) is 14.0. The Morgan fingerprint density at radius 1 is 1.47 bits per heavy atom. The molecule has 0 amide bonds. The third-order valence-corrected chi connectivity index (χ3v) is 5.21. The van der Waals surface area contributed by atoms with Crippen LogP contribution in [0.15, 0.2) is 17.3 Å². The average Bonchev–Trinajstić information content (AvgIpc) is 2.76. The lowest BCUT2D eigenvalue weighted by atomic mass is 9.95. The third-order valence-electron chi connectivity index (χ3n) is 3.36. The van der Waals surface area contributed by atoms with E-state index < -0.39 is 16.0 Å². The van der Waals surface area contributed by atoms with Crippen LogP contribution in [0.3, 0.4) is 0 Å². The molecule has 106 valence electrons. The molecule has 0 bridgehead atoms. The molecule has 0 unspecified atom stereocenters. The minimum Gasteiger partial charge on any atom is -0.481 e. The number of aromatic nitrogens is 2. The van der Waals surface area contributed by atoms with Gasteiger partial charge in [-0.05, 0) is 18.8 Å². The highest BCUT2D eigenvalue weighted by atomic mass is 32.2. The zero-order chi connectivity index (χ0) is 14.0. The average molecular weight is 287 g/mol. The van der Waals surface area contributed by atoms with Crippen molar-refractivity contribution in [3.8, 4) is 0 Å². The van der Waals surface area contributed by atoms with Crippen molar-refractivity contribution >= 4 is 16.0 Å². The van der Waals surface area contributed by atoms with E-state index in [2.05, 4.69) is 5.10 Å². The number of aliphatic carboxylic acids is 1. The highest BCUT2D eigenvalue weighted by Crippen LogP contribution is 2.25. The number of hydrogen-bond donors (Lipinski definition) is 1. The van der Waals surface area contributed by atoms with Crippen LogP contribution < -0.4 is 0 Å². The first-order valence-corrected chi connectivity index (χ1v) is 7.54. The first-order valence-electron chi connectivity index (χ1n) is 6.10. The number of aryl methyl sites for hydroxylation is 1. The van der Waals surface area contributed by atoms with E-state index in [-0.39, 0.29) is 17.2 Å². The van der Waals surface area contributed by atoms with E-state index in [0.717, 1.165) is 0 Å². The van der Waals surface area contributed by atoms with Gasteiger partial charge in [0.1, 0.15) is 4.90 Å². The number of nitrogens with zero attached hydrogens (tertiary/aromatic N) is 3. The van der Waals surface area contributed by atoms with Crippen molar-refractivity contribution in [2.75, 3.05) is 13.1 Å². The van der Waals surface area contributed by atoms with Crippen molar-refractivity contribution in [3.05, 3.63) is 12.4 Å². The van der Waals surface area contributed by atoms with Gasteiger partial charge < -0.3 is 5.11 Å². The van der Waals surface area contributed by atoms with Gasteiger partial charge in [0.25, 0.3) is 0 Å². The van der Waals surface area contributed by atoms with Crippen LogP contribution in [0.2, 0.25) is 0 Å². The maximum atomic E-state index is 12.3. The lowest BCUT2D eigenvalue weighted by Crippen LogP contribution is -2.38. The predicted molar refractivity (Wildman–Crippen MR) is 66.9 cm³/mol. The monoisotopic (exact) mass is 287 g/mol. The molecule has 0 atom stereocenters. The second-order valence-corrected chi connectivity index (χ2v) is 6.73. The van der Waals surface area contributed by atoms with Gasteiger partial charge in [-0.2, -0.15) is 9.40 Å². The number of piperidine rings is 1. The Morgan fingerprint density at radius 3 is 2.58 bits per heavy atom.